The zero-order valence-corrected chi connectivity index (χ0v) is 20.1. The molecule has 1 fully saturated rings. The van der Waals surface area contributed by atoms with Crippen LogP contribution in [-0.4, -0.2) is 52.2 Å². The lowest BCUT2D eigenvalue weighted by Gasteiger charge is -2.21. The molecule has 0 spiro atoms. The van der Waals surface area contributed by atoms with E-state index in [1.807, 2.05) is 12.1 Å². The van der Waals surface area contributed by atoms with Crippen LogP contribution in [0.15, 0.2) is 41.4 Å². The summed E-state index contributed by atoms with van der Waals surface area (Å²) in [6.07, 6.45) is 7.48. The van der Waals surface area contributed by atoms with Gasteiger partial charge in [0, 0.05) is 51.3 Å². The molecule has 2 aliphatic heterocycles. The molecule has 1 aromatic heterocycles. The van der Waals surface area contributed by atoms with E-state index in [1.54, 1.807) is 12.3 Å². The van der Waals surface area contributed by atoms with Crippen molar-refractivity contribution < 1.29 is 22.7 Å². The van der Waals surface area contributed by atoms with Gasteiger partial charge in [0.05, 0.1) is 18.1 Å². The second-order valence-electron chi connectivity index (χ2n) is 8.51. The first-order valence-electron chi connectivity index (χ1n) is 11.9. The van der Waals surface area contributed by atoms with Gasteiger partial charge >= 0.3 is 0 Å². The number of carbonyl (C=O) groups is 1. The number of sulfonamides is 1. The summed E-state index contributed by atoms with van der Waals surface area (Å²) >= 11 is 0. The van der Waals surface area contributed by atoms with Crippen LogP contribution in [0.5, 0.6) is 11.5 Å². The Labute approximate surface area is 200 Å². The zero-order valence-electron chi connectivity index (χ0n) is 19.3. The normalized spacial score (nSPS) is 16.4. The van der Waals surface area contributed by atoms with Gasteiger partial charge in [-0.15, -0.1) is 0 Å². The second kappa shape index (κ2) is 11.5. The number of carbonyl (C=O) groups excluding carboxylic acids is 1. The fourth-order valence-corrected chi connectivity index (χ4v) is 5.04. The van der Waals surface area contributed by atoms with Gasteiger partial charge in [0.2, 0.25) is 15.9 Å². The third kappa shape index (κ3) is 6.60. The number of anilines is 1. The molecule has 9 nitrogen and oxygen atoms in total. The van der Waals surface area contributed by atoms with Gasteiger partial charge in [-0.2, -0.15) is 0 Å². The number of amides is 1. The van der Waals surface area contributed by atoms with Gasteiger partial charge in [-0.05, 0) is 36.6 Å². The van der Waals surface area contributed by atoms with Crippen LogP contribution in [0.4, 0.5) is 5.82 Å². The Kier molecular flexibility index (Phi) is 8.23. The maximum Gasteiger partial charge on any atom is 0.240 e. The molecule has 0 aliphatic carbocycles. The Morgan fingerprint density at radius 2 is 1.74 bits per heavy atom. The molecule has 2 aliphatic rings. The molecule has 184 valence electrons. The van der Waals surface area contributed by atoms with Gasteiger partial charge in [0.1, 0.15) is 5.82 Å². The number of aromatic nitrogens is 1. The van der Waals surface area contributed by atoms with Crippen LogP contribution >= 0.6 is 0 Å². The molecule has 3 heterocycles. The summed E-state index contributed by atoms with van der Waals surface area (Å²) in [5, 5.41) is 2.82. The number of nitrogens with one attached hydrogen (secondary N) is 2. The molecule has 0 radical (unpaired) electrons. The van der Waals surface area contributed by atoms with Crippen LogP contribution in [0.3, 0.4) is 0 Å². The average molecular weight is 489 g/mol. The van der Waals surface area contributed by atoms with Gasteiger partial charge in [0.15, 0.2) is 11.5 Å². The van der Waals surface area contributed by atoms with Crippen molar-refractivity contribution in [3.8, 4) is 11.5 Å². The molecule has 2 aromatic rings. The number of ether oxygens (including phenoxy) is 2. The quantitative estimate of drug-likeness (QED) is 0.588. The molecule has 4 rings (SSSR count). The van der Waals surface area contributed by atoms with E-state index in [4.69, 9.17) is 9.47 Å². The third-order valence-corrected chi connectivity index (χ3v) is 7.36. The monoisotopic (exact) mass is 488 g/mol. The van der Waals surface area contributed by atoms with Crippen LogP contribution in [0.25, 0.3) is 0 Å². The van der Waals surface area contributed by atoms with E-state index in [9.17, 15) is 13.2 Å². The molecule has 1 aromatic carbocycles. The maximum atomic E-state index is 12.6. The first-order valence-corrected chi connectivity index (χ1v) is 13.4. The molecule has 0 bridgehead atoms. The molecule has 1 saturated heterocycles. The lowest BCUT2D eigenvalue weighted by Crippen LogP contribution is -2.30. The van der Waals surface area contributed by atoms with E-state index in [0.717, 1.165) is 30.9 Å². The number of fused-ring (bicyclic) bond motifs is 1. The van der Waals surface area contributed by atoms with E-state index in [2.05, 4.69) is 19.9 Å². The van der Waals surface area contributed by atoms with Crippen molar-refractivity contribution in [3.05, 3.63) is 42.1 Å². The van der Waals surface area contributed by atoms with E-state index in [-0.39, 0.29) is 23.8 Å². The average Bonchev–Trinajstić information content (AvgIpc) is 3.26. The van der Waals surface area contributed by atoms with Gasteiger partial charge in [-0.3, -0.25) is 4.79 Å². The van der Waals surface area contributed by atoms with E-state index < -0.39 is 10.0 Å². The number of benzene rings is 1. The molecule has 2 N–H and O–H groups in total. The van der Waals surface area contributed by atoms with Crippen molar-refractivity contribution in [1.82, 2.24) is 15.0 Å². The molecular formula is C24H32N4O5S. The van der Waals surface area contributed by atoms with Gasteiger partial charge in [-0.25, -0.2) is 18.1 Å². The highest BCUT2D eigenvalue weighted by molar-refractivity contribution is 7.89. The highest BCUT2D eigenvalue weighted by Crippen LogP contribution is 2.31. The highest BCUT2D eigenvalue weighted by Gasteiger charge is 2.19. The van der Waals surface area contributed by atoms with Gasteiger partial charge < -0.3 is 19.7 Å². The summed E-state index contributed by atoms with van der Waals surface area (Å²) in [6.45, 7) is 3.41. The van der Waals surface area contributed by atoms with Crippen LogP contribution in [0, 0.1) is 0 Å². The van der Waals surface area contributed by atoms with Gasteiger partial charge in [0.25, 0.3) is 0 Å². The Balaban J connectivity index is 1.22. The Bertz CT molecular complexity index is 1070. The summed E-state index contributed by atoms with van der Waals surface area (Å²) in [6, 6.07) is 8.48. The van der Waals surface area contributed by atoms with Crippen molar-refractivity contribution in [1.29, 1.82) is 0 Å². The summed E-state index contributed by atoms with van der Waals surface area (Å²) < 4.78 is 38.8. The van der Waals surface area contributed by atoms with Crippen LogP contribution in [0.1, 0.15) is 44.1 Å². The number of pyridine rings is 1. The fraction of sp³-hybridized carbons (Fsp3) is 0.500. The Hall–Kier alpha value is -2.85. The van der Waals surface area contributed by atoms with Crippen LogP contribution in [-0.2, 0) is 21.4 Å². The second-order valence-corrected chi connectivity index (χ2v) is 10.3. The van der Waals surface area contributed by atoms with Crippen molar-refractivity contribution >= 4 is 21.7 Å². The molecule has 0 atom stereocenters. The van der Waals surface area contributed by atoms with Crippen molar-refractivity contribution in [2.24, 2.45) is 0 Å². The summed E-state index contributed by atoms with van der Waals surface area (Å²) in [7, 11) is -3.77. The standard InChI is InChI=1S/C24H32N4O5S/c29-24(26-18-19-6-9-23(25-17-19)28-12-3-1-2-4-13-28)10-11-27-34(30,31)20-7-8-21-22(16-20)33-15-5-14-32-21/h6-9,16-17,27H,1-5,10-15,18H2,(H,26,29). The third-order valence-electron chi connectivity index (χ3n) is 5.90. The van der Waals surface area contributed by atoms with E-state index >= 15 is 0 Å². The Morgan fingerprint density at radius 3 is 2.47 bits per heavy atom. The minimum Gasteiger partial charge on any atom is -0.490 e. The van der Waals surface area contributed by atoms with Crippen molar-refractivity contribution in [2.75, 3.05) is 37.7 Å². The predicted octanol–water partition coefficient (Wildman–Crippen LogP) is 2.61. The van der Waals surface area contributed by atoms with Crippen molar-refractivity contribution in [2.45, 2.75) is 50.0 Å². The highest BCUT2D eigenvalue weighted by atomic mass is 32.2. The molecule has 0 unspecified atom stereocenters. The summed E-state index contributed by atoms with van der Waals surface area (Å²) in [4.78, 5) is 19.1. The minimum absolute atomic E-state index is 0.00520. The first-order chi connectivity index (χ1) is 16.5. The topological polar surface area (TPSA) is 110 Å². The minimum atomic E-state index is -3.77. The zero-order chi connectivity index (χ0) is 23.8. The summed E-state index contributed by atoms with van der Waals surface area (Å²) in [5.41, 5.74) is 0.902. The van der Waals surface area contributed by atoms with Crippen LogP contribution < -0.4 is 24.4 Å². The number of hydrogen-bond acceptors (Lipinski definition) is 7. The molecule has 10 heteroatoms. The smallest absolute Gasteiger partial charge is 0.240 e. The maximum absolute atomic E-state index is 12.6. The molecular weight excluding hydrogens is 456 g/mol. The molecule has 1 amide bonds. The fourth-order valence-electron chi connectivity index (χ4n) is 3.99. The molecule has 34 heavy (non-hydrogen) atoms. The lowest BCUT2D eigenvalue weighted by molar-refractivity contribution is -0.121. The molecule has 0 saturated carbocycles. The predicted molar refractivity (Wildman–Crippen MR) is 129 cm³/mol. The van der Waals surface area contributed by atoms with Crippen molar-refractivity contribution in [3.63, 3.8) is 0 Å². The van der Waals surface area contributed by atoms with E-state index in [1.165, 1.54) is 37.8 Å². The summed E-state index contributed by atoms with van der Waals surface area (Å²) in [5.74, 6) is 1.68. The number of rotatable bonds is 8. The SMILES string of the molecule is O=C(CCNS(=O)(=O)c1ccc2c(c1)OCCCO2)NCc1ccc(N2CCCCCC2)nc1. The number of nitrogens with zero attached hydrogens (tertiary/aromatic N) is 2. The Morgan fingerprint density at radius 1 is 0.971 bits per heavy atom. The largest absolute Gasteiger partial charge is 0.490 e. The lowest BCUT2D eigenvalue weighted by atomic mass is 10.2. The van der Waals surface area contributed by atoms with Crippen LogP contribution in [0.2, 0.25) is 0 Å². The van der Waals surface area contributed by atoms with E-state index in [0.29, 0.717) is 31.3 Å². The number of hydrogen-bond donors (Lipinski definition) is 2. The van der Waals surface area contributed by atoms with Gasteiger partial charge in [-0.1, -0.05) is 18.9 Å². The first kappa shape index (κ1) is 24.3.